The van der Waals surface area contributed by atoms with Crippen molar-refractivity contribution in [1.82, 2.24) is 14.9 Å². The van der Waals surface area contributed by atoms with E-state index in [1.54, 1.807) is 22.2 Å². The molecule has 0 radical (unpaired) electrons. The fourth-order valence-corrected chi connectivity index (χ4v) is 5.02. The van der Waals surface area contributed by atoms with Crippen molar-refractivity contribution in [3.63, 3.8) is 0 Å². The zero-order chi connectivity index (χ0) is 19.5. The van der Waals surface area contributed by atoms with E-state index < -0.39 is 0 Å². The Morgan fingerprint density at radius 2 is 1.96 bits per heavy atom. The maximum Gasteiger partial charge on any atom is 0.262 e. The predicted molar refractivity (Wildman–Crippen MR) is 114 cm³/mol. The molecule has 1 aliphatic carbocycles. The summed E-state index contributed by atoms with van der Waals surface area (Å²) in [5.74, 6) is 0.0173. The van der Waals surface area contributed by atoms with Crippen LogP contribution in [-0.4, -0.2) is 21.5 Å². The molecule has 146 valence electrons. The molecule has 1 fully saturated rings. The molecule has 28 heavy (non-hydrogen) atoms. The minimum absolute atomic E-state index is 0.0173. The van der Waals surface area contributed by atoms with E-state index >= 15 is 0 Å². The summed E-state index contributed by atoms with van der Waals surface area (Å²) in [4.78, 5) is 31.8. The van der Waals surface area contributed by atoms with E-state index in [0.29, 0.717) is 24.4 Å². The first-order valence-electron chi connectivity index (χ1n) is 9.97. The normalized spacial score (nSPS) is 15.0. The van der Waals surface area contributed by atoms with Crippen molar-refractivity contribution in [2.45, 2.75) is 58.0 Å². The molecule has 1 aliphatic rings. The van der Waals surface area contributed by atoms with Gasteiger partial charge in [0, 0.05) is 29.4 Å². The minimum atomic E-state index is -0.0707. The van der Waals surface area contributed by atoms with Crippen LogP contribution in [0.3, 0.4) is 0 Å². The van der Waals surface area contributed by atoms with Crippen molar-refractivity contribution in [1.29, 1.82) is 0 Å². The number of hydrogen-bond acceptors (Lipinski definition) is 4. The standard InChI is InChI=1S/C22H25N3O2S/c1-15-19(16-8-4-2-5-9-16)20-21(28-15)23-14-25(22(20)27)13-12-18(26)24-17-10-6-3-7-11-17/h2,4-5,8-9,14,17H,3,6-7,10-13H2,1H3,(H,24,26). The van der Waals surface area contributed by atoms with Gasteiger partial charge in [-0.1, -0.05) is 49.6 Å². The van der Waals surface area contributed by atoms with Crippen LogP contribution in [0.5, 0.6) is 0 Å². The maximum absolute atomic E-state index is 13.1. The van der Waals surface area contributed by atoms with Crippen LogP contribution in [0.25, 0.3) is 21.3 Å². The molecule has 0 atom stereocenters. The molecule has 0 unspecified atom stereocenters. The predicted octanol–water partition coefficient (Wildman–Crippen LogP) is 4.27. The third kappa shape index (κ3) is 3.87. The van der Waals surface area contributed by atoms with Crippen LogP contribution in [0.15, 0.2) is 41.5 Å². The van der Waals surface area contributed by atoms with Crippen molar-refractivity contribution in [2.24, 2.45) is 0 Å². The molecular weight excluding hydrogens is 370 g/mol. The molecule has 0 bridgehead atoms. The number of aromatic nitrogens is 2. The lowest BCUT2D eigenvalue weighted by Gasteiger charge is -2.22. The van der Waals surface area contributed by atoms with Gasteiger partial charge in [-0.3, -0.25) is 14.2 Å². The van der Waals surface area contributed by atoms with Gasteiger partial charge in [0.25, 0.3) is 5.56 Å². The summed E-state index contributed by atoms with van der Waals surface area (Å²) in [7, 11) is 0. The van der Waals surface area contributed by atoms with Crippen molar-refractivity contribution in [2.75, 3.05) is 0 Å². The van der Waals surface area contributed by atoms with Crippen molar-refractivity contribution in [3.8, 4) is 11.1 Å². The number of nitrogens with one attached hydrogen (secondary N) is 1. The fraction of sp³-hybridized carbons (Fsp3) is 0.409. The number of carbonyl (C=O) groups excluding carboxylic acids is 1. The van der Waals surface area contributed by atoms with Crippen LogP contribution in [0, 0.1) is 6.92 Å². The second kappa shape index (κ2) is 8.27. The molecular formula is C22H25N3O2S. The highest BCUT2D eigenvalue weighted by Crippen LogP contribution is 2.35. The molecule has 1 aromatic carbocycles. The fourth-order valence-electron chi connectivity index (χ4n) is 4.02. The zero-order valence-corrected chi connectivity index (χ0v) is 16.9. The second-order valence-electron chi connectivity index (χ2n) is 7.47. The van der Waals surface area contributed by atoms with E-state index in [2.05, 4.69) is 10.3 Å². The Hall–Kier alpha value is -2.47. The lowest BCUT2D eigenvalue weighted by Crippen LogP contribution is -2.37. The van der Waals surface area contributed by atoms with Crippen LogP contribution >= 0.6 is 11.3 Å². The number of thiophene rings is 1. The Morgan fingerprint density at radius 1 is 1.21 bits per heavy atom. The maximum atomic E-state index is 13.1. The highest BCUT2D eigenvalue weighted by molar-refractivity contribution is 7.19. The number of aryl methyl sites for hydroxylation is 2. The average Bonchev–Trinajstić information content (AvgIpc) is 3.05. The largest absolute Gasteiger partial charge is 0.353 e. The van der Waals surface area contributed by atoms with Crippen LogP contribution < -0.4 is 10.9 Å². The number of fused-ring (bicyclic) bond motifs is 1. The summed E-state index contributed by atoms with van der Waals surface area (Å²) in [6.45, 7) is 2.37. The van der Waals surface area contributed by atoms with Crippen molar-refractivity contribution < 1.29 is 4.79 Å². The highest BCUT2D eigenvalue weighted by atomic mass is 32.1. The zero-order valence-electron chi connectivity index (χ0n) is 16.1. The third-order valence-electron chi connectivity index (χ3n) is 5.47. The first-order valence-corrected chi connectivity index (χ1v) is 10.8. The summed E-state index contributed by atoms with van der Waals surface area (Å²) in [5, 5.41) is 3.77. The van der Waals surface area contributed by atoms with Gasteiger partial charge in [0.2, 0.25) is 5.91 Å². The molecule has 3 aromatic rings. The van der Waals surface area contributed by atoms with Gasteiger partial charge < -0.3 is 5.32 Å². The topological polar surface area (TPSA) is 64.0 Å². The molecule has 1 saturated carbocycles. The second-order valence-corrected chi connectivity index (χ2v) is 8.68. The lowest BCUT2D eigenvalue weighted by atomic mass is 9.95. The van der Waals surface area contributed by atoms with Gasteiger partial charge in [-0.05, 0) is 25.3 Å². The van der Waals surface area contributed by atoms with Crippen molar-refractivity contribution >= 4 is 27.5 Å². The molecule has 0 saturated heterocycles. The molecule has 0 aliphatic heterocycles. The number of hydrogen-bond donors (Lipinski definition) is 1. The Bertz CT molecular complexity index is 1030. The van der Waals surface area contributed by atoms with Gasteiger partial charge in [-0.15, -0.1) is 11.3 Å². The molecule has 5 nitrogen and oxygen atoms in total. The van der Waals surface area contributed by atoms with Crippen LogP contribution in [0.4, 0.5) is 0 Å². The molecule has 0 spiro atoms. The van der Waals surface area contributed by atoms with E-state index in [-0.39, 0.29) is 11.5 Å². The van der Waals surface area contributed by atoms with Gasteiger partial charge in [0.05, 0.1) is 11.7 Å². The summed E-state index contributed by atoms with van der Waals surface area (Å²) in [5.41, 5.74) is 1.91. The summed E-state index contributed by atoms with van der Waals surface area (Å²) in [6.07, 6.45) is 7.63. The summed E-state index contributed by atoms with van der Waals surface area (Å²) >= 11 is 1.54. The van der Waals surface area contributed by atoms with Gasteiger partial charge in [0.1, 0.15) is 4.83 Å². The Morgan fingerprint density at radius 3 is 2.71 bits per heavy atom. The number of carbonyl (C=O) groups is 1. The van der Waals surface area contributed by atoms with Gasteiger partial charge >= 0.3 is 0 Å². The van der Waals surface area contributed by atoms with Crippen LogP contribution in [0.1, 0.15) is 43.4 Å². The molecule has 1 N–H and O–H groups in total. The van der Waals surface area contributed by atoms with E-state index in [9.17, 15) is 9.59 Å². The Kier molecular flexibility index (Phi) is 5.57. The molecule has 2 aromatic heterocycles. The van der Waals surface area contributed by atoms with E-state index in [1.165, 1.54) is 19.3 Å². The van der Waals surface area contributed by atoms with Gasteiger partial charge in [-0.2, -0.15) is 0 Å². The molecule has 6 heteroatoms. The molecule has 1 amide bonds. The summed E-state index contributed by atoms with van der Waals surface area (Å²) in [6, 6.07) is 10.2. The number of amides is 1. The quantitative estimate of drug-likeness (QED) is 0.702. The Labute approximate surface area is 168 Å². The monoisotopic (exact) mass is 395 g/mol. The molecule has 2 heterocycles. The van der Waals surface area contributed by atoms with Gasteiger partial charge in [0.15, 0.2) is 0 Å². The number of rotatable bonds is 5. The minimum Gasteiger partial charge on any atom is -0.353 e. The average molecular weight is 396 g/mol. The summed E-state index contributed by atoms with van der Waals surface area (Å²) < 4.78 is 1.57. The van der Waals surface area contributed by atoms with Crippen LogP contribution in [0.2, 0.25) is 0 Å². The highest BCUT2D eigenvalue weighted by Gasteiger charge is 2.18. The van der Waals surface area contributed by atoms with Crippen molar-refractivity contribution in [3.05, 3.63) is 51.9 Å². The van der Waals surface area contributed by atoms with E-state index in [0.717, 1.165) is 33.7 Å². The first kappa shape index (κ1) is 18.9. The van der Waals surface area contributed by atoms with Crippen LogP contribution in [-0.2, 0) is 11.3 Å². The van der Waals surface area contributed by atoms with Gasteiger partial charge in [-0.25, -0.2) is 4.98 Å². The lowest BCUT2D eigenvalue weighted by molar-refractivity contribution is -0.122. The smallest absolute Gasteiger partial charge is 0.262 e. The SMILES string of the molecule is Cc1sc2ncn(CCC(=O)NC3CCCCC3)c(=O)c2c1-c1ccccc1. The number of benzene rings is 1. The first-order chi connectivity index (χ1) is 13.6. The molecule has 4 rings (SSSR count). The number of nitrogens with zero attached hydrogens (tertiary/aromatic N) is 2. The van der Waals surface area contributed by atoms with E-state index in [1.807, 2.05) is 37.3 Å². The van der Waals surface area contributed by atoms with E-state index in [4.69, 9.17) is 0 Å². The Balaban J connectivity index is 1.56. The third-order valence-corrected chi connectivity index (χ3v) is 6.48.